The van der Waals surface area contributed by atoms with Gasteiger partial charge in [-0.1, -0.05) is 72.8 Å². The lowest BCUT2D eigenvalue weighted by atomic mass is 10.2. The van der Waals surface area contributed by atoms with E-state index in [1.54, 1.807) is 30.5 Å². The van der Waals surface area contributed by atoms with Crippen LogP contribution in [0.15, 0.2) is 113 Å². The maximum Gasteiger partial charge on any atom is 0.282 e. The van der Waals surface area contributed by atoms with Crippen molar-refractivity contribution in [3.05, 3.63) is 125 Å². The Morgan fingerprint density at radius 3 is 2.46 bits per heavy atom. The van der Waals surface area contributed by atoms with Crippen molar-refractivity contribution < 1.29 is 9.53 Å². The van der Waals surface area contributed by atoms with Gasteiger partial charge in [0, 0.05) is 16.8 Å². The molecule has 37 heavy (non-hydrogen) atoms. The van der Waals surface area contributed by atoms with Crippen molar-refractivity contribution in [2.75, 3.05) is 11.9 Å². The van der Waals surface area contributed by atoms with Gasteiger partial charge in [0.15, 0.2) is 12.4 Å². The van der Waals surface area contributed by atoms with E-state index in [0.717, 1.165) is 16.8 Å². The highest BCUT2D eigenvalue weighted by atomic mass is 16.5. The summed E-state index contributed by atoms with van der Waals surface area (Å²) >= 11 is 0. The summed E-state index contributed by atoms with van der Waals surface area (Å²) in [6.07, 6.45) is 1.54. The SMILES string of the molecule is Cc1ccccc1NC(=O)COc1ccccc1C=Nn1c(-c2ccccc2)nc2ccccc2c1=O. The van der Waals surface area contributed by atoms with E-state index in [1.165, 1.54) is 4.68 Å². The zero-order valence-electron chi connectivity index (χ0n) is 20.2. The summed E-state index contributed by atoms with van der Waals surface area (Å²) < 4.78 is 7.10. The van der Waals surface area contributed by atoms with E-state index in [0.29, 0.717) is 28.0 Å². The fourth-order valence-electron chi connectivity index (χ4n) is 3.89. The largest absolute Gasteiger partial charge is 0.483 e. The van der Waals surface area contributed by atoms with Crippen LogP contribution in [0.4, 0.5) is 5.69 Å². The normalized spacial score (nSPS) is 11.1. The van der Waals surface area contributed by atoms with Gasteiger partial charge in [0.05, 0.1) is 17.1 Å². The van der Waals surface area contributed by atoms with Crippen LogP contribution in [0.2, 0.25) is 0 Å². The molecule has 182 valence electrons. The molecule has 7 heteroatoms. The number of para-hydroxylation sites is 3. The van der Waals surface area contributed by atoms with E-state index in [9.17, 15) is 9.59 Å². The number of nitrogens with zero attached hydrogens (tertiary/aromatic N) is 3. The highest BCUT2D eigenvalue weighted by Crippen LogP contribution is 2.20. The smallest absolute Gasteiger partial charge is 0.282 e. The minimum atomic E-state index is -0.281. The third-order valence-corrected chi connectivity index (χ3v) is 5.80. The molecule has 0 atom stereocenters. The lowest BCUT2D eigenvalue weighted by molar-refractivity contribution is -0.118. The van der Waals surface area contributed by atoms with Crippen LogP contribution < -0.4 is 15.6 Å². The Kier molecular flexibility index (Phi) is 6.85. The standard InChI is InChI=1S/C30H24N4O3/c1-21-11-5-8-16-25(21)32-28(35)20-37-27-18-10-6-14-23(27)19-31-34-29(22-12-3-2-4-13-22)33-26-17-9-7-15-24(26)30(34)36/h2-19H,20H2,1H3,(H,32,35). The minimum Gasteiger partial charge on any atom is -0.483 e. The third kappa shape index (κ3) is 5.31. The summed E-state index contributed by atoms with van der Waals surface area (Å²) in [7, 11) is 0. The number of fused-ring (bicyclic) bond motifs is 1. The predicted molar refractivity (Wildman–Crippen MR) is 146 cm³/mol. The third-order valence-electron chi connectivity index (χ3n) is 5.80. The van der Waals surface area contributed by atoms with Gasteiger partial charge in [-0.25, -0.2) is 4.98 Å². The number of benzene rings is 4. The van der Waals surface area contributed by atoms with Crippen molar-refractivity contribution in [3.63, 3.8) is 0 Å². The molecule has 0 fully saturated rings. The Morgan fingerprint density at radius 1 is 0.919 bits per heavy atom. The zero-order valence-corrected chi connectivity index (χ0v) is 20.2. The van der Waals surface area contributed by atoms with Crippen LogP contribution in [0, 0.1) is 6.92 Å². The lowest BCUT2D eigenvalue weighted by Gasteiger charge is -2.11. The van der Waals surface area contributed by atoms with Gasteiger partial charge < -0.3 is 10.1 Å². The summed E-state index contributed by atoms with van der Waals surface area (Å²) in [5.41, 5.74) is 3.40. The minimum absolute atomic E-state index is 0.175. The molecule has 1 heterocycles. The first-order chi connectivity index (χ1) is 18.1. The molecule has 0 aliphatic rings. The average molecular weight is 489 g/mol. The number of anilines is 1. The molecule has 4 aromatic carbocycles. The molecular formula is C30H24N4O3. The highest BCUT2D eigenvalue weighted by Gasteiger charge is 2.13. The Balaban J connectivity index is 1.44. The molecule has 0 aliphatic heterocycles. The van der Waals surface area contributed by atoms with Crippen molar-refractivity contribution in [1.82, 2.24) is 9.66 Å². The zero-order chi connectivity index (χ0) is 25.6. The van der Waals surface area contributed by atoms with E-state index in [1.807, 2.05) is 85.8 Å². The van der Waals surface area contributed by atoms with Crippen molar-refractivity contribution in [2.24, 2.45) is 5.10 Å². The summed E-state index contributed by atoms with van der Waals surface area (Å²) in [6.45, 7) is 1.75. The van der Waals surface area contributed by atoms with E-state index in [-0.39, 0.29) is 18.1 Å². The van der Waals surface area contributed by atoms with Crippen LogP contribution >= 0.6 is 0 Å². The van der Waals surface area contributed by atoms with Gasteiger partial charge in [-0.3, -0.25) is 9.59 Å². The van der Waals surface area contributed by atoms with Crippen LogP contribution in [0.3, 0.4) is 0 Å². The fraction of sp³-hybridized carbons (Fsp3) is 0.0667. The monoisotopic (exact) mass is 488 g/mol. The van der Waals surface area contributed by atoms with Crippen molar-refractivity contribution in [2.45, 2.75) is 6.92 Å². The van der Waals surface area contributed by atoms with Gasteiger partial charge in [0.25, 0.3) is 11.5 Å². The van der Waals surface area contributed by atoms with E-state index in [4.69, 9.17) is 9.72 Å². The molecule has 0 saturated heterocycles. The first-order valence-corrected chi connectivity index (χ1v) is 11.8. The predicted octanol–water partition coefficient (Wildman–Crippen LogP) is 5.27. The van der Waals surface area contributed by atoms with Crippen LogP contribution in [0.1, 0.15) is 11.1 Å². The lowest BCUT2D eigenvalue weighted by Crippen LogP contribution is -2.21. The Bertz CT molecular complexity index is 1660. The van der Waals surface area contributed by atoms with Gasteiger partial charge in [-0.05, 0) is 42.8 Å². The molecule has 5 rings (SSSR count). The molecule has 1 amide bonds. The molecule has 0 unspecified atom stereocenters. The second-order valence-electron chi connectivity index (χ2n) is 8.37. The Morgan fingerprint density at radius 2 is 1.62 bits per heavy atom. The maximum absolute atomic E-state index is 13.4. The number of hydrogen-bond acceptors (Lipinski definition) is 5. The molecule has 0 radical (unpaired) electrons. The number of carbonyl (C=O) groups is 1. The molecule has 0 bridgehead atoms. The van der Waals surface area contributed by atoms with Crippen LogP contribution in [0.25, 0.3) is 22.3 Å². The number of aryl methyl sites for hydroxylation is 1. The van der Waals surface area contributed by atoms with Crippen LogP contribution in [-0.2, 0) is 4.79 Å². The Hall–Kier alpha value is -5.04. The molecule has 0 spiro atoms. The summed E-state index contributed by atoms with van der Waals surface area (Å²) in [5, 5.41) is 7.83. The average Bonchev–Trinajstić information content (AvgIpc) is 2.93. The van der Waals surface area contributed by atoms with E-state index < -0.39 is 0 Å². The van der Waals surface area contributed by atoms with Gasteiger partial charge in [-0.15, -0.1) is 0 Å². The van der Waals surface area contributed by atoms with Crippen LogP contribution in [0.5, 0.6) is 5.75 Å². The molecule has 1 N–H and O–H groups in total. The number of hydrogen-bond donors (Lipinski definition) is 1. The molecule has 1 aromatic heterocycles. The number of ether oxygens (including phenoxy) is 1. The van der Waals surface area contributed by atoms with Crippen molar-refractivity contribution in [3.8, 4) is 17.1 Å². The van der Waals surface area contributed by atoms with Crippen molar-refractivity contribution >= 4 is 28.7 Å². The second kappa shape index (κ2) is 10.7. The number of rotatable bonds is 7. The molecule has 7 nitrogen and oxygen atoms in total. The first-order valence-electron chi connectivity index (χ1n) is 11.8. The van der Waals surface area contributed by atoms with E-state index in [2.05, 4.69) is 10.4 Å². The second-order valence-corrected chi connectivity index (χ2v) is 8.37. The quantitative estimate of drug-likeness (QED) is 0.316. The molecule has 5 aromatic rings. The summed E-state index contributed by atoms with van der Waals surface area (Å²) in [5.74, 6) is 0.619. The summed E-state index contributed by atoms with van der Waals surface area (Å²) in [6, 6.07) is 31.4. The van der Waals surface area contributed by atoms with Gasteiger partial charge in [0.1, 0.15) is 5.75 Å². The Labute approximate surface area is 213 Å². The first kappa shape index (κ1) is 23.7. The summed E-state index contributed by atoms with van der Waals surface area (Å²) in [4.78, 5) is 30.6. The highest BCUT2D eigenvalue weighted by molar-refractivity contribution is 5.93. The molecular weight excluding hydrogens is 464 g/mol. The molecule has 0 aliphatic carbocycles. The topological polar surface area (TPSA) is 85.6 Å². The molecule has 0 saturated carbocycles. The van der Waals surface area contributed by atoms with E-state index >= 15 is 0 Å². The van der Waals surface area contributed by atoms with Gasteiger partial charge >= 0.3 is 0 Å². The number of carbonyl (C=O) groups excluding carboxylic acids is 1. The number of nitrogens with one attached hydrogen (secondary N) is 1. The van der Waals surface area contributed by atoms with Gasteiger partial charge in [-0.2, -0.15) is 9.78 Å². The fourth-order valence-corrected chi connectivity index (χ4v) is 3.89. The van der Waals surface area contributed by atoms with Crippen molar-refractivity contribution in [1.29, 1.82) is 0 Å². The maximum atomic E-state index is 13.4. The van der Waals surface area contributed by atoms with Crippen LogP contribution in [-0.4, -0.2) is 28.4 Å². The number of amides is 1. The number of aromatic nitrogens is 2. The van der Waals surface area contributed by atoms with Gasteiger partial charge in [0.2, 0.25) is 0 Å².